The van der Waals surface area contributed by atoms with Gasteiger partial charge < -0.3 is 9.64 Å². The summed E-state index contributed by atoms with van der Waals surface area (Å²) >= 11 is 0. The van der Waals surface area contributed by atoms with Crippen LogP contribution in [0.15, 0.2) is 0 Å². The Morgan fingerprint density at radius 1 is 1.45 bits per heavy atom. The molecule has 0 spiro atoms. The number of hydrogen-bond acceptors (Lipinski definition) is 2. The maximum Gasteiger partial charge on any atom is 0.0936 e. The highest BCUT2D eigenvalue weighted by atomic mass is 16.6. The molecule has 0 amide bonds. The third kappa shape index (κ3) is 4.38. The molecule has 1 rings (SSSR count). The summed E-state index contributed by atoms with van der Waals surface area (Å²) in [5, 5.41) is 0. The fourth-order valence-corrected chi connectivity index (χ4v) is 1.40. The zero-order valence-electron chi connectivity index (χ0n) is 8.05. The molecule has 1 unspecified atom stereocenters. The van der Waals surface area contributed by atoms with E-state index in [1.54, 1.807) is 0 Å². The van der Waals surface area contributed by atoms with Gasteiger partial charge in [-0.25, -0.2) is 0 Å². The van der Waals surface area contributed by atoms with E-state index < -0.39 is 0 Å². The van der Waals surface area contributed by atoms with Crippen LogP contribution in [0.3, 0.4) is 0 Å². The Bertz CT molecular complexity index is 124. The molecular weight excluding hydrogens is 138 g/mol. The van der Waals surface area contributed by atoms with Gasteiger partial charge in [-0.15, -0.1) is 0 Å². The van der Waals surface area contributed by atoms with Crippen molar-refractivity contribution >= 4 is 0 Å². The van der Waals surface area contributed by atoms with Crippen molar-refractivity contribution in [3.05, 3.63) is 0 Å². The molecular formula is C9H19NO. The van der Waals surface area contributed by atoms with Crippen LogP contribution in [0, 0.1) is 5.41 Å². The van der Waals surface area contributed by atoms with E-state index in [-0.39, 0.29) is 0 Å². The molecule has 0 saturated carbocycles. The van der Waals surface area contributed by atoms with E-state index >= 15 is 0 Å². The molecule has 1 aliphatic rings. The summed E-state index contributed by atoms with van der Waals surface area (Å²) in [6.07, 6.45) is 0.530. The monoisotopic (exact) mass is 157 g/mol. The molecule has 0 aromatic heterocycles. The van der Waals surface area contributed by atoms with Gasteiger partial charge in [-0.2, -0.15) is 0 Å². The maximum absolute atomic E-state index is 5.15. The van der Waals surface area contributed by atoms with Crippen molar-refractivity contribution in [3.8, 4) is 0 Å². The molecule has 0 aliphatic carbocycles. The van der Waals surface area contributed by atoms with E-state index in [0.29, 0.717) is 11.5 Å². The van der Waals surface area contributed by atoms with E-state index in [1.807, 2.05) is 0 Å². The van der Waals surface area contributed by atoms with Crippen molar-refractivity contribution in [3.63, 3.8) is 0 Å². The lowest BCUT2D eigenvalue weighted by atomic mass is 9.96. The number of nitrogens with zero attached hydrogens (tertiary/aromatic N) is 1. The van der Waals surface area contributed by atoms with Gasteiger partial charge in [0.05, 0.1) is 12.7 Å². The fraction of sp³-hybridized carbons (Fsp3) is 1.00. The lowest BCUT2D eigenvalue weighted by molar-refractivity contribution is 0.209. The summed E-state index contributed by atoms with van der Waals surface area (Å²) in [6, 6.07) is 0. The Balaban J connectivity index is 2.13. The molecule has 1 saturated heterocycles. The number of rotatable bonds is 3. The molecule has 0 aromatic rings. The van der Waals surface area contributed by atoms with Gasteiger partial charge in [0.15, 0.2) is 0 Å². The number of hydrogen-bond donors (Lipinski definition) is 0. The van der Waals surface area contributed by atoms with E-state index in [1.165, 1.54) is 0 Å². The normalized spacial score (nSPS) is 24.3. The molecule has 0 radical (unpaired) electrons. The minimum Gasteiger partial charge on any atom is -0.372 e. The highest BCUT2D eigenvalue weighted by Gasteiger charge is 2.25. The summed E-state index contributed by atoms with van der Waals surface area (Å²) in [5.74, 6) is 0. The van der Waals surface area contributed by atoms with Crippen LogP contribution in [0.2, 0.25) is 0 Å². The summed E-state index contributed by atoms with van der Waals surface area (Å²) in [6.45, 7) is 9.99. The summed E-state index contributed by atoms with van der Waals surface area (Å²) in [5.41, 5.74) is 0.406. The van der Waals surface area contributed by atoms with E-state index in [2.05, 4.69) is 32.7 Å². The Kier molecular flexibility index (Phi) is 2.55. The molecule has 1 heterocycles. The highest BCUT2D eigenvalue weighted by molar-refractivity contribution is 4.75. The van der Waals surface area contributed by atoms with Crippen molar-refractivity contribution in [1.29, 1.82) is 0 Å². The van der Waals surface area contributed by atoms with Gasteiger partial charge in [0.25, 0.3) is 0 Å². The topological polar surface area (TPSA) is 15.8 Å². The minimum absolute atomic E-state index is 0.406. The summed E-state index contributed by atoms with van der Waals surface area (Å²) in [4.78, 5) is 2.34. The van der Waals surface area contributed by atoms with Crippen LogP contribution in [0.25, 0.3) is 0 Å². The number of epoxide rings is 1. The highest BCUT2D eigenvalue weighted by Crippen LogP contribution is 2.16. The molecule has 1 aliphatic heterocycles. The zero-order chi connectivity index (χ0) is 8.48. The first-order chi connectivity index (χ1) is 4.97. The lowest BCUT2D eigenvalue weighted by Gasteiger charge is -2.25. The Morgan fingerprint density at radius 3 is 2.36 bits per heavy atom. The van der Waals surface area contributed by atoms with Crippen molar-refractivity contribution in [2.75, 3.05) is 26.7 Å². The first-order valence-corrected chi connectivity index (χ1v) is 4.27. The average Bonchev–Trinajstić information content (AvgIpc) is 2.42. The van der Waals surface area contributed by atoms with Crippen LogP contribution in [-0.2, 0) is 4.74 Å². The summed E-state index contributed by atoms with van der Waals surface area (Å²) < 4.78 is 5.15. The Labute approximate surface area is 69.5 Å². The van der Waals surface area contributed by atoms with Gasteiger partial charge in [0, 0.05) is 13.1 Å². The molecule has 1 atom stereocenters. The standard InChI is InChI=1S/C9H19NO/c1-9(2,3)7-10(4)5-8-6-11-8/h8H,5-7H2,1-4H3. The van der Waals surface area contributed by atoms with E-state index in [4.69, 9.17) is 4.74 Å². The first-order valence-electron chi connectivity index (χ1n) is 4.27. The predicted molar refractivity (Wildman–Crippen MR) is 46.7 cm³/mol. The van der Waals surface area contributed by atoms with Crippen molar-refractivity contribution in [1.82, 2.24) is 4.90 Å². The molecule has 2 heteroatoms. The lowest BCUT2D eigenvalue weighted by Crippen LogP contribution is -2.32. The zero-order valence-corrected chi connectivity index (χ0v) is 8.05. The number of likely N-dealkylation sites (N-methyl/N-ethyl adjacent to an activating group) is 1. The van der Waals surface area contributed by atoms with E-state index in [0.717, 1.165) is 19.7 Å². The van der Waals surface area contributed by atoms with Gasteiger partial charge >= 0.3 is 0 Å². The van der Waals surface area contributed by atoms with Crippen LogP contribution in [0.5, 0.6) is 0 Å². The molecule has 0 bridgehead atoms. The second-order valence-electron chi connectivity index (χ2n) is 4.71. The largest absolute Gasteiger partial charge is 0.372 e. The van der Waals surface area contributed by atoms with Gasteiger partial charge in [-0.05, 0) is 12.5 Å². The van der Waals surface area contributed by atoms with Crippen LogP contribution < -0.4 is 0 Å². The molecule has 11 heavy (non-hydrogen) atoms. The smallest absolute Gasteiger partial charge is 0.0936 e. The first kappa shape index (κ1) is 9.01. The van der Waals surface area contributed by atoms with Gasteiger partial charge in [0.2, 0.25) is 0 Å². The van der Waals surface area contributed by atoms with Gasteiger partial charge in [-0.3, -0.25) is 0 Å². The van der Waals surface area contributed by atoms with Crippen molar-refractivity contribution < 1.29 is 4.74 Å². The Morgan fingerprint density at radius 2 is 2.00 bits per heavy atom. The maximum atomic E-state index is 5.15. The van der Waals surface area contributed by atoms with Crippen LogP contribution in [-0.4, -0.2) is 37.7 Å². The minimum atomic E-state index is 0.406. The third-order valence-corrected chi connectivity index (χ3v) is 1.66. The second kappa shape index (κ2) is 3.11. The molecule has 0 aromatic carbocycles. The fourth-order valence-electron chi connectivity index (χ4n) is 1.40. The molecule has 2 nitrogen and oxygen atoms in total. The van der Waals surface area contributed by atoms with Crippen LogP contribution in [0.4, 0.5) is 0 Å². The predicted octanol–water partition coefficient (Wildman–Crippen LogP) is 1.36. The summed E-state index contributed by atoms with van der Waals surface area (Å²) in [7, 11) is 2.16. The second-order valence-corrected chi connectivity index (χ2v) is 4.71. The van der Waals surface area contributed by atoms with E-state index in [9.17, 15) is 0 Å². The van der Waals surface area contributed by atoms with Crippen molar-refractivity contribution in [2.45, 2.75) is 26.9 Å². The molecule has 1 fully saturated rings. The molecule has 66 valence electrons. The van der Waals surface area contributed by atoms with Gasteiger partial charge in [0.1, 0.15) is 0 Å². The van der Waals surface area contributed by atoms with Crippen LogP contribution >= 0.6 is 0 Å². The Hall–Kier alpha value is -0.0800. The van der Waals surface area contributed by atoms with Gasteiger partial charge in [-0.1, -0.05) is 20.8 Å². The third-order valence-electron chi connectivity index (χ3n) is 1.66. The molecule has 0 N–H and O–H groups in total. The van der Waals surface area contributed by atoms with Crippen LogP contribution in [0.1, 0.15) is 20.8 Å². The quantitative estimate of drug-likeness (QED) is 0.575. The number of ether oxygens (including phenoxy) is 1. The van der Waals surface area contributed by atoms with Crippen molar-refractivity contribution in [2.24, 2.45) is 5.41 Å². The SMILES string of the molecule is CN(CC1CO1)CC(C)(C)C. The average molecular weight is 157 g/mol.